The van der Waals surface area contributed by atoms with E-state index in [0.29, 0.717) is 0 Å². The fraction of sp³-hybridized carbons (Fsp3) is 0. The van der Waals surface area contributed by atoms with E-state index in [0.717, 1.165) is 4.31 Å². The van der Waals surface area contributed by atoms with Crippen LogP contribution in [0, 0.1) is 0 Å². The summed E-state index contributed by atoms with van der Waals surface area (Å²) in [5.41, 5.74) is 0.429. The first-order valence-corrected chi connectivity index (χ1v) is 7.76. The fourth-order valence-corrected chi connectivity index (χ4v) is 2.89. The minimum absolute atomic E-state index is 0.0480. The number of carbonyl (C=O) groups is 1. The van der Waals surface area contributed by atoms with Crippen LogP contribution < -0.4 is 9.86 Å². The van der Waals surface area contributed by atoms with Crippen LogP contribution in [0.1, 0.15) is 10.4 Å². The Kier molecular flexibility index (Phi) is 4.11. The second kappa shape index (κ2) is 6.22. The molecule has 0 saturated heterocycles. The molecule has 8 nitrogen and oxygen atoms in total. The third-order valence-electron chi connectivity index (χ3n) is 3.36. The normalized spacial score (nSPS) is 12.0. The Balaban J connectivity index is 2.20. The van der Waals surface area contributed by atoms with E-state index in [9.17, 15) is 18.4 Å². The molecule has 3 aromatic rings. The molecule has 0 fully saturated rings. The molecule has 1 atom stereocenters. The first-order chi connectivity index (χ1) is 11.5. The van der Waals surface area contributed by atoms with Gasteiger partial charge < -0.3 is 10.1 Å². The minimum atomic E-state index is -2.46. The molecule has 9 heteroatoms. The van der Waals surface area contributed by atoms with Crippen LogP contribution in [0.3, 0.4) is 0 Å². The largest absolute Gasteiger partial charge is 0.478 e. The van der Waals surface area contributed by atoms with Crippen LogP contribution in [0.15, 0.2) is 53.6 Å². The molecule has 1 aromatic carbocycles. The van der Waals surface area contributed by atoms with E-state index in [4.69, 9.17) is 5.11 Å². The third-order valence-corrected chi connectivity index (χ3v) is 4.08. The zero-order valence-corrected chi connectivity index (χ0v) is 12.9. The molecule has 0 spiro atoms. The number of hydrogen-bond acceptors (Lipinski definition) is 4. The summed E-state index contributed by atoms with van der Waals surface area (Å²) in [5, 5.41) is 9.21. The van der Waals surface area contributed by atoms with Crippen molar-refractivity contribution in [3.63, 3.8) is 0 Å². The highest BCUT2D eigenvalue weighted by atomic mass is 32.2. The predicted molar refractivity (Wildman–Crippen MR) is 88.7 cm³/mol. The van der Waals surface area contributed by atoms with Crippen LogP contribution >= 0.6 is 0 Å². The molecule has 3 rings (SSSR count). The number of aromatic amines is 1. The molecule has 0 aliphatic heterocycles. The number of pyridine rings is 2. The fourth-order valence-electron chi connectivity index (χ4n) is 2.28. The van der Waals surface area contributed by atoms with Gasteiger partial charge in [0.15, 0.2) is 0 Å². The minimum Gasteiger partial charge on any atom is -0.478 e. The third kappa shape index (κ3) is 2.77. The van der Waals surface area contributed by atoms with Crippen molar-refractivity contribution in [1.29, 1.82) is 0 Å². The number of hydrogen-bond donors (Lipinski definition) is 3. The summed E-state index contributed by atoms with van der Waals surface area (Å²) in [6.45, 7) is 0. The number of benzene rings is 1. The number of H-pyrrole nitrogens is 1. The topological polar surface area (TPSA) is 124 Å². The van der Waals surface area contributed by atoms with Gasteiger partial charge in [-0.25, -0.2) is 13.3 Å². The van der Waals surface area contributed by atoms with Gasteiger partial charge in [0.25, 0.3) is 16.8 Å². The number of aromatic nitrogens is 2. The smallest absolute Gasteiger partial charge is 0.335 e. The molecule has 2 aromatic heterocycles. The SMILES string of the molecule is O=C(O)c1ccc(N(c2c[nH]c(=O)c3cccnc23)S(=O)O)cc1. The van der Waals surface area contributed by atoms with Crippen molar-refractivity contribution < 1.29 is 18.7 Å². The van der Waals surface area contributed by atoms with Gasteiger partial charge in [0.1, 0.15) is 5.52 Å². The molecule has 0 saturated carbocycles. The van der Waals surface area contributed by atoms with Crippen LogP contribution in [0.4, 0.5) is 11.4 Å². The van der Waals surface area contributed by atoms with E-state index in [1.54, 1.807) is 12.1 Å². The number of carboxylic acid groups (broad SMARTS) is 1. The maximum atomic E-state index is 11.9. The second-order valence-corrected chi connectivity index (χ2v) is 5.61. The lowest BCUT2D eigenvalue weighted by Gasteiger charge is -2.20. The van der Waals surface area contributed by atoms with Gasteiger partial charge in [-0.05, 0) is 36.4 Å². The number of carboxylic acids is 1. The van der Waals surface area contributed by atoms with Crippen LogP contribution in [0.25, 0.3) is 10.9 Å². The molecule has 122 valence electrons. The van der Waals surface area contributed by atoms with Gasteiger partial charge in [-0.3, -0.25) is 14.3 Å². The molecule has 1 unspecified atom stereocenters. The average molecular weight is 345 g/mol. The van der Waals surface area contributed by atoms with Gasteiger partial charge in [-0.2, -0.15) is 0 Å². The quantitative estimate of drug-likeness (QED) is 0.620. The molecule has 0 amide bonds. The highest BCUT2D eigenvalue weighted by Gasteiger charge is 2.20. The first kappa shape index (κ1) is 15.8. The van der Waals surface area contributed by atoms with Crippen molar-refractivity contribution in [2.75, 3.05) is 4.31 Å². The van der Waals surface area contributed by atoms with Gasteiger partial charge in [0.2, 0.25) is 0 Å². The zero-order chi connectivity index (χ0) is 17.3. The van der Waals surface area contributed by atoms with Crippen LogP contribution in [-0.2, 0) is 11.3 Å². The van der Waals surface area contributed by atoms with E-state index in [1.807, 2.05) is 0 Å². The molecular weight excluding hydrogens is 334 g/mol. The summed E-state index contributed by atoms with van der Waals surface area (Å²) < 4.78 is 22.6. The molecule has 0 aliphatic carbocycles. The van der Waals surface area contributed by atoms with E-state index in [1.165, 1.54) is 36.7 Å². The summed E-state index contributed by atoms with van der Waals surface area (Å²) in [4.78, 5) is 29.4. The van der Waals surface area contributed by atoms with Crippen molar-refractivity contribution in [3.8, 4) is 0 Å². The molecule has 3 N–H and O–H groups in total. The summed E-state index contributed by atoms with van der Waals surface area (Å²) >= 11 is -2.46. The Labute approximate surface area is 137 Å². The Morgan fingerprint density at radius 1 is 1.21 bits per heavy atom. The van der Waals surface area contributed by atoms with Crippen molar-refractivity contribution in [1.82, 2.24) is 9.97 Å². The number of anilines is 2. The Bertz CT molecular complexity index is 1000. The Hall–Kier alpha value is -3.04. The lowest BCUT2D eigenvalue weighted by molar-refractivity contribution is 0.0697. The van der Waals surface area contributed by atoms with E-state index in [2.05, 4.69) is 9.97 Å². The second-order valence-electron chi connectivity index (χ2n) is 4.78. The Morgan fingerprint density at radius 2 is 1.92 bits per heavy atom. The monoisotopic (exact) mass is 345 g/mol. The molecule has 2 heterocycles. The lowest BCUT2D eigenvalue weighted by atomic mass is 10.2. The number of aromatic carboxylic acids is 1. The van der Waals surface area contributed by atoms with Crippen molar-refractivity contribution in [3.05, 3.63) is 64.7 Å². The van der Waals surface area contributed by atoms with Crippen LogP contribution in [-0.4, -0.2) is 29.8 Å². The van der Waals surface area contributed by atoms with Crippen LogP contribution in [0.2, 0.25) is 0 Å². The molecule has 0 bridgehead atoms. The number of nitrogens with one attached hydrogen (secondary N) is 1. The van der Waals surface area contributed by atoms with E-state index in [-0.39, 0.29) is 33.4 Å². The highest BCUT2D eigenvalue weighted by molar-refractivity contribution is 7.81. The molecule has 0 aliphatic rings. The van der Waals surface area contributed by atoms with Gasteiger partial charge in [0, 0.05) is 12.4 Å². The molecule has 24 heavy (non-hydrogen) atoms. The van der Waals surface area contributed by atoms with Gasteiger partial charge >= 0.3 is 5.97 Å². The van der Waals surface area contributed by atoms with Gasteiger partial charge in [-0.15, -0.1) is 0 Å². The lowest BCUT2D eigenvalue weighted by Crippen LogP contribution is -2.21. The number of nitrogens with zero attached hydrogens (tertiary/aromatic N) is 2. The van der Waals surface area contributed by atoms with Crippen molar-refractivity contribution >= 4 is 39.5 Å². The van der Waals surface area contributed by atoms with Crippen LogP contribution in [0.5, 0.6) is 0 Å². The zero-order valence-electron chi connectivity index (χ0n) is 12.0. The first-order valence-electron chi connectivity index (χ1n) is 6.70. The number of fused-ring (bicyclic) bond motifs is 1. The Morgan fingerprint density at radius 3 is 2.54 bits per heavy atom. The summed E-state index contributed by atoms with van der Waals surface area (Å²) in [5.74, 6) is -1.10. The van der Waals surface area contributed by atoms with Crippen molar-refractivity contribution in [2.45, 2.75) is 0 Å². The maximum Gasteiger partial charge on any atom is 0.335 e. The maximum absolute atomic E-state index is 11.9. The highest BCUT2D eigenvalue weighted by Crippen LogP contribution is 2.30. The summed E-state index contributed by atoms with van der Waals surface area (Å²) in [7, 11) is 0. The average Bonchev–Trinajstić information content (AvgIpc) is 2.57. The van der Waals surface area contributed by atoms with E-state index >= 15 is 0 Å². The molecular formula is C15H11N3O5S. The van der Waals surface area contributed by atoms with Crippen molar-refractivity contribution in [2.24, 2.45) is 0 Å². The van der Waals surface area contributed by atoms with Gasteiger partial charge in [-0.1, -0.05) is 0 Å². The number of rotatable bonds is 4. The summed E-state index contributed by atoms with van der Waals surface area (Å²) in [6.07, 6.45) is 2.76. The predicted octanol–water partition coefficient (Wildman–Crippen LogP) is 1.90. The molecule has 0 radical (unpaired) electrons. The standard InChI is InChI=1S/C15H11N3O5S/c19-14-11-2-1-7-16-13(11)12(8-17-14)18(24(22)23)10-5-3-9(4-6-10)15(20)21/h1-8H,(H,17,19)(H,20,21)(H,22,23). The summed E-state index contributed by atoms with van der Waals surface area (Å²) in [6, 6.07) is 8.58. The van der Waals surface area contributed by atoms with Gasteiger partial charge in [0.05, 0.1) is 22.3 Å². The van der Waals surface area contributed by atoms with E-state index < -0.39 is 17.2 Å².